The molecule has 3 aromatic rings. The second-order valence-electron chi connectivity index (χ2n) is 9.21. The van der Waals surface area contributed by atoms with E-state index in [1.165, 1.54) is 0 Å². The van der Waals surface area contributed by atoms with Crippen LogP contribution in [0.25, 0.3) is 11.3 Å². The third-order valence-corrected chi connectivity index (χ3v) is 6.93. The number of nitrogens with zero attached hydrogens (tertiary/aromatic N) is 4. The number of likely N-dealkylation sites (tertiary alicyclic amines) is 1. The van der Waals surface area contributed by atoms with Crippen LogP contribution >= 0.6 is 0 Å². The molecule has 1 aliphatic rings. The van der Waals surface area contributed by atoms with Gasteiger partial charge in [-0.05, 0) is 70.2 Å². The second kappa shape index (κ2) is 11.4. The topological polar surface area (TPSA) is 74.8 Å². The van der Waals surface area contributed by atoms with Gasteiger partial charge in [-0.3, -0.25) is 4.90 Å². The van der Waals surface area contributed by atoms with Gasteiger partial charge < -0.3 is 18.9 Å². The molecular formula is C28H34N4O3. The molecule has 1 fully saturated rings. The lowest BCUT2D eigenvalue weighted by Gasteiger charge is -2.37. The number of rotatable bonds is 10. The van der Waals surface area contributed by atoms with Crippen LogP contribution in [0.1, 0.15) is 30.6 Å². The van der Waals surface area contributed by atoms with E-state index in [0.717, 1.165) is 68.0 Å². The Balaban J connectivity index is 1.25. The minimum absolute atomic E-state index is 0.343. The molecule has 0 saturated carbocycles. The van der Waals surface area contributed by atoms with Crippen LogP contribution < -0.4 is 9.47 Å². The smallest absolute Gasteiger partial charge is 0.170 e. The Hall–Kier alpha value is -3.34. The van der Waals surface area contributed by atoms with Crippen LogP contribution in [0.2, 0.25) is 0 Å². The van der Waals surface area contributed by atoms with Gasteiger partial charge in [0, 0.05) is 11.6 Å². The molecule has 0 atom stereocenters. The van der Waals surface area contributed by atoms with Gasteiger partial charge in [0.25, 0.3) is 0 Å². The van der Waals surface area contributed by atoms with Crippen molar-refractivity contribution in [3.63, 3.8) is 0 Å². The van der Waals surface area contributed by atoms with Crippen LogP contribution in [0.15, 0.2) is 59.1 Å². The minimum Gasteiger partial charge on any atom is -0.493 e. The molecule has 1 saturated heterocycles. The maximum atomic E-state index is 9.90. The van der Waals surface area contributed by atoms with E-state index in [1.54, 1.807) is 14.2 Å². The summed E-state index contributed by atoms with van der Waals surface area (Å²) in [5.74, 6) is 2.13. The van der Waals surface area contributed by atoms with Gasteiger partial charge in [0.05, 0.1) is 32.2 Å². The van der Waals surface area contributed by atoms with Gasteiger partial charge in [0.1, 0.15) is 5.69 Å². The number of benzene rings is 2. The molecule has 2 heterocycles. The fourth-order valence-electron chi connectivity index (χ4n) is 4.89. The molecule has 0 amide bonds. The van der Waals surface area contributed by atoms with E-state index in [4.69, 9.17) is 14.0 Å². The highest BCUT2D eigenvalue weighted by Crippen LogP contribution is 2.37. The number of hydrogen-bond donors (Lipinski definition) is 0. The Bertz CT molecular complexity index is 1130. The van der Waals surface area contributed by atoms with E-state index in [0.29, 0.717) is 18.0 Å². The third-order valence-electron chi connectivity index (χ3n) is 6.93. The summed E-state index contributed by atoms with van der Waals surface area (Å²) in [5.41, 5.74) is 2.39. The van der Waals surface area contributed by atoms with E-state index in [-0.39, 0.29) is 5.41 Å². The summed E-state index contributed by atoms with van der Waals surface area (Å²) in [6.07, 6.45) is 2.84. The van der Waals surface area contributed by atoms with Crippen LogP contribution in [-0.2, 0) is 12.0 Å². The fourth-order valence-corrected chi connectivity index (χ4v) is 4.89. The molecule has 0 bridgehead atoms. The molecule has 7 nitrogen and oxygen atoms in total. The number of methoxy groups -OCH3 is 2. The number of piperidine rings is 1. The van der Waals surface area contributed by atoms with Gasteiger partial charge in [-0.2, -0.15) is 5.26 Å². The molecule has 4 rings (SSSR count). The second-order valence-corrected chi connectivity index (χ2v) is 9.21. The molecule has 0 N–H and O–H groups in total. The lowest BCUT2D eigenvalue weighted by atomic mass is 9.74. The van der Waals surface area contributed by atoms with Gasteiger partial charge in [-0.1, -0.05) is 41.6 Å². The normalized spacial score (nSPS) is 15.6. The summed E-state index contributed by atoms with van der Waals surface area (Å²) in [7, 11) is 5.35. The monoisotopic (exact) mass is 474 g/mol. The van der Waals surface area contributed by atoms with Crippen molar-refractivity contribution >= 4 is 0 Å². The minimum atomic E-state index is -0.343. The van der Waals surface area contributed by atoms with Crippen molar-refractivity contribution < 1.29 is 14.0 Å². The van der Waals surface area contributed by atoms with E-state index in [2.05, 4.69) is 40.2 Å². The third kappa shape index (κ3) is 5.67. The zero-order chi connectivity index (χ0) is 24.7. The predicted molar refractivity (Wildman–Crippen MR) is 135 cm³/mol. The SMILES string of the molecule is COc1cccc(-c2cc(CN(C)CCCN3CCC(C#N)(c4ccccc4)CC3)on2)c1OC. The summed E-state index contributed by atoms with van der Waals surface area (Å²) in [4.78, 5) is 4.73. The van der Waals surface area contributed by atoms with E-state index in [1.807, 2.05) is 42.5 Å². The molecule has 0 spiro atoms. The molecule has 35 heavy (non-hydrogen) atoms. The summed E-state index contributed by atoms with van der Waals surface area (Å²) < 4.78 is 16.5. The zero-order valence-corrected chi connectivity index (χ0v) is 20.9. The standard InChI is InChI=1S/C28H34N4O3/c1-31(20-23-19-25(30-35-23)24-11-7-12-26(33-2)27(24)34-3)15-8-16-32-17-13-28(21-29,14-18-32)22-9-5-4-6-10-22/h4-7,9-12,19H,8,13-18,20H2,1-3H3. The Morgan fingerprint density at radius 2 is 1.86 bits per heavy atom. The summed E-state index contributed by atoms with van der Waals surface area (Å²) in [6, 6.07) is 20.6. The molecule has 0 unspecified atom stereocenters. The first-order chi connectivity index (χ1) is 17.1. The maximum Gasteiger partial charge on any atom is 0.170 e. The number of nitriles is 1. The molecule has 2 aromatic carbocycles. The van der Waals surface area contributed by atoms with Crippen LogP contribution in [0.4, 0.5) is 0 Å². The molecule has 7 heteroatoms. The molecule has 1 aliphatic heterocycles. The van der Waals surface area contributed by atoms with Crippen molar-refractivity contribution in [1.29, 1.82) is 5.26 Å². The highest BCUT2D eigenvalue weighted by molar-refractivity contribution is 5.71. The molecular weight excluding hydrogens is 440 g/mol. The molecule has 1 aromatic heterocycles. The average molecular weight is 475 g/mol. The van der Waals surface area contributed by atoms with Crippen LogP contribution in [0, 0.1) is 11.3 Å². The first-order valence-electron chi connectivity index (χ1n) is 12.1. The highest BCUT2D eigenvalue weighted by atomic mass is 16.5. The molecule has 184 valence electrons. The van der Waals surface area contributed by atoms with E-state index >= 15 is 0 Å². The van der Waals surface area contributed by atoms with Gasteiger partial charge in [-0.25, -0.2) is 0 Å². The lowest BCUT2D eigenvalue weighted by molar-refractivity contribution is 0.174. The Labute approximate surface area is 207 Å². The average Bonchev–Trinajstić information content (AvgIpc) is 3.37. The van der Waals surface area contributed by atoms with Crippen LogP contribution in [0.5, 0.6) is 11.5 Å². The van der Waals surface area contributed by atoms with Crippen molar-refractivity contribution in [2.24, 2.45) is 0 Å². The van der Waals surface area contributed by atoms with Crippen molar-refractivity contribution in [2.75, 3.05) is 47.4 Å². The maximum absolute atomic E-state index is 9.90. The first kappa shape index (κ1) is 24.8. The van der Waals surface area contributed by atoms with E-state index < -0.39 is 0 Å². The summed E-state index contributed by atoms with van der Waals surface area (Å²) >= 11 is 0. The number of para-hydroxylation sites is 1. The van der Waals surface area contributed by atoms with Crippen LogP contribution in [0.3, 0.4) is 0 Å². The van der Waals surface area contributed by atoms with Crippen molar-refractivity contribution in [1.82, 2.24) is 15.0 Å². The zero-order valence-electron chi connectivity index (χ0n) is 20.9. The van der Waals surface area contributed by atoms with E-state index in [9.17, 15) is 5.26 Å². The predicted octanol–water partition coefficient (Wildman–Crippen LogP) is 4.74. The lowest BCUT2D eigenvalue weighted by Crippen LogP contribution is -2.42. The molecule has 0 aliphatic carbocycles. The Morgan fingerprint density at radius 1 is 1.09 bits per heavy atom. The van der Waals surface area contributed by atoms with Crippen molar-refractivity contribution in [2.45, 2.75) is 31.2 Å². The van der Waals surface area contributed by atoms with Gasteiger partial charge in [0.2, 0.25) is 0 Å². The summed E-state index contributed by atoms with van der Waals surface area (Å²) in [5, 5.41) is 14.1. The van der Waals surface area contributed by atoms with Crippen molar-refractivity contribution in [3.8, 4) is 28.8 Å². The fraction of sp³-hybridized carbons (Fsp3) is 0.429. The van der Waals surface area contributed by atoms with Gasteiger partial charge in [-0.15, -0.1) is 0 Å². The van der Waals surface area contributed by atoms with Gasteiger partial charge in [0.15, 0.2) is 17.3 Å². The van der Waals surface area contributed by atoms with Crippen LogP contribution in [-0.4, -0.2) is 62.4 Å². The Kier molecular flexibility index (Phi) is 8.06. The first-order valence-corrected chi connectivity index (χ1v) is 12.1. The number of aromatic nitrogens is 1. The summed E-state index contributed by atoms with van der Waals surface area (Å²) in [6.45, 7) is 4.59. The Morgan fingerprint density at radius 3 is 2.54 bits per heavy atom. The largest absolute Gasteiger partial charge is 0.493 e. The van der Waals surface area contributed by atoms with Gasteiger partial charge >= 0.3 is 0 Å². The number of ether oxygens (including phenoxy) is 2. The molecule has 0 radical (unpaired) electrons. The van der Waals surface area contributed by atoms with Crippen molar-refractivity contribution in [3.05, 3.63) is 65.9 Å². The number of hydrogen-bond acceptors (Lipinski definition) is 7. The quantitative estimate of drug-likeness (QED) is 0.420. The highest BCUT2D eigenvalue weighted by Gasteiger charge is 2.36.